The number of carbonyl (C=O) groups is 11. The molecule has 0 aliphatic carbocycles. The van der Waals surface area contributed by atoms with Crippen molar-refractivity contribution >= 4 is 76.7 Å². The fourth-order valence-corrected chi connectivity index (χ4v) is 12.7. The quantitative estimate of drug-likeness (QED) is 0.0953. The van der Waals surface area contributed by atoms with Gasteiger partial charge in [-0.1, -0.05) is 95.2 Å². The third-order valence-electron chi connectivity index (χ3n) is 17.3. The lowest BCUT2D eigenvalue weighted by Crippen LogP contribution is -2.64. The van der Waals surface area contributed by atoms with Crippen molar-refractivity contribution in [2.75, 3.05) is 75.7 Å². The van der Waals surface area contributed by atoms with E-state index in [9.17, 15) is 34.2 Å². The highest BCUT2D eigenvalue weighted by atomic mass is 32.2. The molecule has 25 nitrogen and oxygen atoms in total. The van der Waals surface area contributed by atoms with Crippen molar-refractivity contribution in [3.05, 3.63) is 12.2 Å². The van der Waals surface area contributed by atoms with Gasteiger partial charge in [0, 0.05) is 68.1 Å². The number of aliphatic hydroxyl groups is 2. The molecule has 11 amide bonds. The van der Waals surface area contributed by atoms with Crippen molar-refractivity contribution in [1.29, 1.82) is 0 Å². The summed E-state index contributed by atoms with van der Waals surface area (Å²) < 4.78 is 0. The number of hydrogen-bond donors (Lipinski definition) is 6. The molecule has 534 valence electrons. The van der Waals surface area contributed by atoms with E-state index in [1.54, 1.807) is 60.6 Å². The summed E-state index contributed by atoms with van der Waals surface area (Å²) in [6, 6.07) is -13.1. The topological polar surface area (TPSA) is 302 Å². The van der Waals surface area contributed by atoms with Crippen LogP contribution in [0.1, 0.15) is 163 Å². The summed E-state index contributed by atoms with van der Waals surface area (Å²) in [6.45, 7) is 29.6. The molecule has 0 unspecified atom stereocenters. The third kappa shape index (κ3) is 25.0. The van der Waals surface area contributed by atoms with Gasteiger partial charge in [0.15, 0.2) is 5.37 Å². The molecule has 0 saturated carbocycles. The molecule has 93 heavy (non-hydrogen) atoms. The van der Waals surface area contributed by atoms with E-state index in [0.717, 1.165) is 21.6 Å². The Morgan fingerprint density at radius 3 is 1.47 bits per heavy atom. The first kappa shape index (κ1) is 85.2. The van der Waals surface area contributed by atoms with Crippen molar-refractivity contribution in [1.82, 2.24) is 60.5 Å². The standard InChI is InChI=1S/C67H122N12O13S/c1-27-29-30-43(13)54(80)53-58(84)70-46(28-2)60(86)79(26)66(93-34-33-72(18)19)65(91)76(23)50(37-67(16,17)92)57(83)71-51(41(9)10)63(89)73(20)47(32-31-38(3)4)56(82)68-44(14)55(81)69-45(15)59(85)74(21)48(35-39(5)6)61(87)75(22)49(36-40(7)8)62(88)77(24)52(42(11)12)64(90)78(53)25/h27,29,38-54,66,80,92H,28,30-37H2,1-26H3,(H,68,82)(H,69,81)(H,70,84)(H,71,83)/b29-27+/t43-,44-,45+,46+,47-,48+,49+,50+,51-,52+,53+,54-,66-/m1/s1. The average molecular weight is 1340 g/mol. The summed E-state index contributed by atoms with van der Waals surface area (Å²) in [5.41, 5.74) is -1.58. The van der Waals surface area contributed by atoms with Crippen LogP contribution in [0.4, 0.5) is 0 Å². The Balaban J connectivity index is 4.57. The molecule has 1 heterocycles. The van der Waals surface area contributed by atoms with E-state index in [4.69, 9.17) is 0 Å². The Hall–Kier alpha value is -5.86. The molecular formula is C67H122N12O13S. The van der Waals surface area contributed by atoms with Crippen molar-refractivity contribution in [2.24, 2.45) is 35.5 Å². The maximum atomic E-state index is 15.3. The van der Waals surface area contributed by atoms with Gasteiger partial charge in [-0.3, -0.25) is 52.7 Å². The molecule has 1 aliphatic rings. The first-order valence-electron chi connectivity index (χ1n) is 33.2. The Morgan fingerprint density at radius 1 is 0.538 bits per heavy atom. The first-order valence-corrected chi connectivity index (χ1v) is 34.2. The van der Waals surface area contributed by atoms with Crippen LogP contribution < -0.4 is 21.3 Å². The van der Waals surface area contributed by atoms with Gasteiger partial charge in [0.25, 0.3) is 5.91 Å². The molecule has 0 spiro atoms. The fourth-order valence-electron chi connectivity index (χ4n) is 11.3. The van der Waals surface area contributed by atoms with E-state index in [2.05, 4.69) is 21.3 Å². The molecule has 0 aromatic rings. The molecular weight excluding hydrogens is 1210 g/mol. The van der Waals surface area contributed by atoms with Gasteiger partial charge in [-0.2, -0.15) is 0 Å². The highest BCUT2D eigenvalue weighted by Crippen LogP contribution is 2.28. The lowest BCUT2D eigenvalue weighted by atomic mass is 9.91. The number of carbonyl (C=O) groups excluding carboxylic acids is 11. The summed E-state index contributed by atoms with van der Waals surface area (Å²) in [7, 11) is 13.5. The van der Waals surface area contributed by atoms with E-state index in [1.165, 1.54) is 102 Å². The summed E-state index contributed by atoms with van der Waals surface area (Å²) in [5, 5.41) is 33.3. The normalized spacial score (nSPS) is 26.6. The van der Waals surface area contributed by atoms with Crippen LogP contribution in [0.5, 0.6) is 0 Å². The highest BCUT2D eigenvalue weighted by molar-refractivity contribution is 8.00. The first-order chi connectivity index (χ1) is 42.8. The lowest BCUT2D eigenvalue weighted by Gasteiger charge is -2.41. The summed E-state index contributed by atoms with van der Waals surface area (Å²) in [6.07, 6.45) is 2.83. The van der Waals surface area contributed by atoms with Crippen LogP contribution in [0.15, 0.2) is 12.2 Å². The van der Waals surface area contributed by atoms with Crippen LogP contribution in [0.25, 0.3) is 0 Å². The monoisotopic (exact) mass is 1330 g/mol. The number of thioether (sulfide) groups is 1. The molecule has 1 fully saturated rings. The van der Waals surface area contributed by atoms with Gasteiger partial charge in [0.1, 0.15) is 60.4 Å². The van der Waals surface area contributed by atoms with Crippen molar-refractivity contribution < 1.29 is 63.0 Å². The number of nitrogens with one attached hydrogen (secondary N) is 4. The zero-order chi connectivity index (χ0) is 72.2. The van der Waals surface area contributed by atoms with Gasteiger partial charge >= 0.3 is 0 Å². The van der Waals surface area contributed by atoms with E-state index < -0.39 is 160 Å². The van der Waals surface area contributed by atoms with Crippen LogP contribution in [0, 0.1) is 35.5 Å². The van der Waals surface area contributed by atoms with Crippen LogP contribution in [0.3, 0.4) is 0 Å². The van der Waals surface area contributed by atoms with Gasteiger partial charge in [0.05, 0.1) is 11.7 Å². The predicted octanol–water partition coefficient (Wildman–Crippen LogP) is 3.39. The number of allylic oxidation sites excluding steroid dienone is 2. The second kappa shape index (κ2) is 38.6. The third-order valence-corrected chi connectivity index (χ3v) is 18.6. The van der Waals surface area contributed by atoms with Gasteiger partial charge in [-0.15, -0.1) is 11.8 Å². The minimum Gasteiger partial charge on any atom is -0.390 e. The molecule has 1 saturated heterocycles. The molecule has 0 aromatic carbocycles. The van der Waals surface area contributed by atoms with E-state index >= 15 is 28.8 Å². The van der Waals surface area contributed by atoms with Crippen molar-refractivity contribution in [2.45, 2.75) is 240 Å². The second-order valence-corrected chi connectivity index (χ2v) is 29.7. The molecule has 0 bridgehead atoms. The van der Waals surface area contributed by atoms with Crippen molar-refractivity contribution in [3.8, 4) is 0 Å². The molecule has 6 N–H and O–H groups in total. The molecule has 1 aliphatic heterocycles. The molecule has 1 rings (SSSR count). The summed E-state index contributed by atoms with van der Waals surface area (Å²) in [5.74, 6) is -9.78. The molecule has 26 heteroatoms. The van der Waals surface area contributed by atoms with E-state index in [-0.39, 0.29) is 56.3 Å². The largest absolute Gasteiger partial charge is 0.390 e. The lowest BCUT2D eigenvalue weighted by molar-refractivity contribution is -0.157. The Labute approximate surface area is 561 Å². The number of aliphatic hydroxyl groups excluding tert-OH is 1. The molecule has 13 atom stereocenters. The van der Waals surface area contributed by atoms with Crippen LogP contribution in [-0.2, 0) is 52.7 Å². The predicted molar refractivity (Wildman–Crippen MR) is 364 cm³/mol. The molecule has 0 aromatic heterocycles. The van der Waals surface area contributed by atoms with Crippen LogP contribution >= 0.6 is 11.8 Å². The van der Waals surface area contributed by atoms with Gasteiger partial charge in [-0.05, 0) is 123 Å². The van der Waals surface area contributed by atoms with E-state index in [0.29, 0.717) is 18.7 Å². The Bertz CT molecular complexity index is 2540. The minimum absolute atomic E-state index is 0.0320. The minimum atomic E-state index is -1.66. The van der Waals surface area contributed by atoms with Gasteiger partial charge < -0.3 is 70.7 Å². The maximum Gasteiger partial charge on any atom is 0.256 e. The van der Waals surface area contributed by atoms with Crippen molar-refractivity contribution in [3.63, 3.8) is 0 Å². The zero-order valence-electron chi connectivity index (χ0n) is 61.3. The Kier molecular flexibility index (Phi) is 35.4. The zero-order valence-corrected chi connectivity index (χ0v) is 62.1. The maximum absolute atomic E-state index is 15.3. The average Bonchev–Trinajstić information content (AvgIpc) is 0.860. The van der Waals surface area contributed by atoms with E-state index in [1.807, 2.05) is 60.5 Å². The summed E-state index contributed by atoms with van der Waals surface area (Å²) >= 11 is 1.09. The number of likely N-dealkylation sites (N-methyl/N-ethyl adjacent to an activating group) is 7. The number of hydrogen-bond acceptors (Lipinski definition) is 15. The van der Waals surface area contributed by atoms with Gasteiger partial charge in [-0.25, -0.2) is 0 Å². The molecule has 0 radical (unpaired) electrons. The Morgan fingerprint density at radius 2 is 1.01 bits per heavy atom. The number of nitrogens with zero attached hydrogens (tertiary/aromatic N) is 8. The van der Waals surface area contributed by atoms with Gasteiger partial charge in [0.2, 0.25) is 59.1 Å². The fraction of sp³-hybridized carbons (Fsp3) is 0.806. The highest BCUT2D eigenvalue weighted by Gasteiger charge is 2.47. The SMILES string of the molecule is C/C=C/C[C@@H](C)[C@@H](O)[C@H]1C(=O)N[C@@H](CC)C(=O)N(C)[C@H](SCCN(C)C)C(=O)N(C)[C@@H](CC(C)(C)O)C(=O)N[C@H](C(C)C)C(=O)N(C)[C@H](CCC(C)C)C(=O)N[C@H](C)C(=O)N[C@@H](C)C(=O)N(C)[C@@H](CC(C)C)C(=O)N(C)[C@@H](CC(C)C)C(=O)N(C)[C@@H](C(C)C)C(=O)N1C. The number of amides is 11. The van der Waals surface area contributed by atoms with Crippen LogP contribution in [-0.4, -0.2) is 268 Å². The number of rotatable bonds is 20. The second-order valence-electron chi connectivity index (χ2n) is 28.5. The van der Waals surface area contributed by atoms with Crippen LogP contribution in [0.2, 0.25) is 0 Å². The summed E-state index contributed by atoms with van der Waals surface area (Å²) in [4.78, 5) is 174. The smallest absolute Gasteiger partial charge is 0.256 e.